The summed E-state index contributed by atoms with van der Waals surface area (Å²) in [7, 11) is 3.37. The lowest BCUT2D eigenvalue weighted by molar-refractivity contribution is 0.117. The Balaban J connectivity index is 1.66. The minimum Gasteiger partial charge on any atom is -0.504 e. The summed E-state index contributed by atoms with van der Waals surface area (Å²) in [5, 5.41) is 11.0. The van der Waals surface area contributed by atoms with E-state index < -0.39 is 0 Å². The summed E-state index contributed by atoms with van der Waals surface area (Å²) >= 11 is 0. The zero-order chi connectivity index (χ0) is 17.9. The Morgan fingerprint density at radius 1 is 1.19 bits per heavy atom. The highest BCUT2D eigenvalue weighted by Gasteiger charge is 2.53. The number of methoxy groups -OCH3 is 2. The molecular formula is C22H27NO3. The van der Waals surface area contributed by atoms with E-state index in [4.69, 9.17) is 9.47 Å². The molecule has 4 heteroatoms. The molecule has 0 radical (unpaired) electrons. The van der Waals surface area contributed by atoms with Gasteiger partial charge in [-0.15, -0.1) is 0 Å². The van der Waals surface area contributed by atoms with Crippen molar-refractivity contribution in [2.45, 2.75) is 43.6 Å². The third kappa shape index (κ3) is 2.24. The number of nitrogens with zero attached hydrogens (tertiary/aromatic N) is 1. The van der Waals surface area contributed by atoms with E-state index in [9.17, 15) is 5.11 Å². The molecule has 1 aliphatic heterocycles. The fourth-order valence-corrected chi connectivity index (χ4v) is 5.43. The van der Waals surface area contributed by atoms with Gasteiger partial charge in [-0.25, -0.2) is 0 Å². The van der Waals surface area contributed by atoms with Crippen molar-refractivity contribution in [3.8, 4) is 11.5 Å². The van der Waals surface area contributed by atoms with E-state index in [-0.39, 0.29) is 5.41 Å². The topological polar surface area (TPSA) is 41.9 Å². The third-order valence-corrected chi connectivity index (χ3v) is 6.89. The van der Waals surface area contributed by atoms with Crippen LogP contribution in [0, 0.1) is 5.92 Å². The standard InChI is InChI=1S/C22H27NO3/c1-25-16-6-7-17-18-11-15-5-8-19(26-2)21(24)20(15)22(17,12-16)9-10-23(18)13-14-3-4-14/h5-8,14,18,24H,3-4,9-13H2,1-2H3. The molecule has 3 aliphatic carbocycles. The summed E-state index contributed by atoms with van der Waals surface area (Å²) in [5.41, 5.74) is 3.65. The van der Waals surface area contributed by atoms with Crippen LogP contribution in [-0.2, 0) is 16.6 Å². The minimum atomic E-state index is -0.156. The van der Waals surface area contributed by atoms with E-state index in [0.717, 1.165) is 43.0 Å². The number of hydrogen-bond donors (Lipinski definition) is 1. The van der Waals surface area contributed by atoms with E-state index in [1.165, 1.54) is 30.5 Å². The molecule has 1 N–H and O–H groups in total. The largest absolute Gasteiger partial charge is 0.504 e. The average molecular weight is 353 g/mol. The molecule has 5 rings (SSSR count). The molecule has 2 bridgehead atoms. The summed E-state index contributed by atoms with van der Waals surface area (Å²) < 4.78 is 11.1. The minimum absolute atomic E-state index is 0.156. The number of fused-ring (bicyclic) bond motifs is 1. The smallest absolute Gasteiger partial charge is 0.162 e. The lowest BCUT2D eigenvalue weighted by Gasteiger charge is -2.54. The Morgan fingerprint density at radius 3 is 2.77 bits per heavy atom. The van der Waals surface area contributed by atoms with Crippen LogP contribution in [0.1, 0.15) is 36.8 Å². The maximum atomic E-state index is 11.0. The summed E-state index contributed by atoms with van der Waals surface area (Å²) in [5.74, 6) is 2.79. The number of piperidine rings is 1. The van der Waals surface area contributed by atoms with Gasteiger partial charge in [-0.2, -0.15) is 0 Å². The highest BCUT2D eigenvalue weighted by Crippen LogP contribution is 2.57. The van der Waals surface area contributed by atoms with Crippen molar-refractivity contribution in [3.05, 3.63) is 46.7 Å². The predicted molar refractivity (Wildman–Crippen MR) is 101 cm³/mol. The molecule has 2 atom stereocenters. The van der Waals surface area contributed by atoms with E-state index in [1.807, 2.05) is 6.07 Å². The zero-order valence-electron chi connectivity index (χ0n) is 15.6. The van der Waals surface area contributed by atoms with Crippen LogP contribution in [0.15, 0.2) is 35.6 Å². The Hall–Kier alpha value is -1.94. The quantitative estimate of drug-likeness (QED) is 0.899. The number of ether oxygens (including phenoxy) is 2. The summed E-state index contributed by atoms with van der Waals surface area (Å²) in [6.45, 7) is 2.31. The van der Waals surface area contributed by atoms with Crippen molar-refractivity contribution in [1.29, 1.82) is 0 Å². The maximum absolute atomic E-state index is 11.0. The fourth-order valence-electron chi connectivity index (χ4n) is 5.43. The number of rotatable bonds is 4. The van der Waals surface area contributed by atoms with Crippen LogP contribution in [0.5, 0.6) is 11.5 Å². The lowest BCUT2D eigenvalue weighted by Crippen LogP contribution is -2.56. The van der Waals surface area contributed by atoms with E-state index in [2.05, 4.69) is 23.1 Å². The first-order valence-corrected chi connectivity index (χ1v) is 9.75. The molecule has 2 fully saturated rings. The summed E-state index contributed by atoms with van der Waals surface area (Å²) in [6.07, 6.45) is 10.00. The predicted octanol–water partition coefficient (Wildman–Crippen LogP) is 3.54. The third-order valence-electron chi connectivity index (χ3n) is 6.89. The van der Waals surface area contributed by atoms with Gasteiger partial charge in [0.15, 0.2) is 11.5 Å². The number of benzene rings is 1. The first kappa shape index (κ1) is 16.2. The second kappa shape index (κ2) is 5.78. The second-order valence-corrected chi connectivity index (χ2v) is 8.28. The second-order valence-electron chi connectivity index (χ2n) is 8.28. The van der Waals surface area contributed by atoms with Crippen LogP contribution in [0.25, 0.3) is 0 Å². The Bertz CT molecular complexity index is 808. The zero-order valence-corrected chi connectivity index (χ0v) is 15.6. The van der Waals surface area contributed by atoms with Crippen molar-refractivity contribution >= 4 is 0 Å². The van der Waals surface area contributed by atoms with Crippen LogP contribution < -0.4 is 4.74 Å². The van der Waals surface area contributed by atoms with Crippen LogP contribution in [-0.4, -0.2) is 43.4 Å². The molecule has 4 aliphatic rings. The lowest BCUT2D eigenvalue weighted by atomic mass is 9.57. The van der Waals surface area contributed by atoms with Crippen molar-refractivity contribution in [2.75, 3.05) is 27.3 Å². The van der Waals surface area contributed by atoms with Gasteiger partial charge in [0, 0.05) is 30.0 Å². The molecule has 1 saturated carbocycles. The summed E-state index contributed by atoms with van der Waals surface area (Å²) in [6, 6.07) is 4.51. The summed E-state index contributed by atoms with van der Waals surface area (Å²) in [4.78, 5) is 2.69. The van der Waals surface area contributed by atoms with Crippen molar-refractivity contribution in [2.24, 2.45) is 5.92 Å². The van der Waals surface area contributed by atoms with E-state index in [0.29, 0.717) is 17.5 Å². The fraction of sp³-hybridized carbons (Fsp3) is 0.545. The van der Waals surface area contributed by atoms with Crippen molar-refractivity contribution in [1.82, 2.24) is 4.90 Å². The number of hydrogen-bond acceptors (Lipinski definition) is 4. The van der Waals surface area contributed by atoms with E-state index >= 15 is 0 Å². The van der Waals surface area contributed by atoms with Gasteiger partial charge in [0.05, 0.1) is 20.0 Å². The van der Waals surface area contributed by atoms with Crippen molar-refractivity contribution in [3.63, 3.8) is 0 Å². The molecule has 1 aromatic rings. The van der Waals surface area contributed by atoms with Gasteiger partial charge in [0.1, 0.15) is 0 Å². The molecule has 0 aromatic heterocycles. The molecular weight excluding hydrogens is 326 g/mol. The van der Waals surface area contributed by atoms with Gasteiger partial charge < -0.3 is 14.6 Å². The van der Waals surface area contributed by atoms with Gasteiger partial charge in [0.25, 0.3) is 0 Å². The van der Waals surface area contributed by atoms with Gasteiger partial charge in [-0.3, -0.25) is 4.90 Å². The number of phenols is 1. The number of phenolic OH excluding ortho intramolecular Hbond substituents is 1. The monoisotopic (exact) mass is 353 g/mol. The Morgan fingerprint density at radius 2 is 2.04 bits per heavy atom. The first-order valence-electron chi connectivity index (χ1n) is 9.75. The van der Waals surface area contributed by atoms with Gasteiger partial charge in [0.2, 0.25) is 0 Å². The Labute approximate surface area is 155 Å². The van der Waals surface area contributed by atoms with Crippen LogP contribution in [0.4, 0.5) is 0 Å². The van der Waals surface area contributed by atoms with Crippen LogP contribution >= 0.6 is 0 Å². The Kier molecular flexibility index (Phi) is 3.61. The molecule has 1 aromatic carbocycles. The number of likely N-dealkylation sites (tertiary alicyclic amines) is 1. The molecule has 4 nitrogen and oxygen atoms in total. The van der Waals surface area contributed by atoms with Crippen LogP contribution in [0.3, 0.4) is 0 Å². The van der Waals surface area contributed by atoms with Gasteiger partial charge in [-0.05, 0) is 61.4 Å². The highest BCUT2D eigenvalue weighted by molar-refractivity contribution is 5.62. The molecule has 1 heterocycles. The van der Waals surface area contributed by atoms with Gasteiger partial charge in [-0.1, -0.05) is 12.1 Å². The molecule has 1 saturated heterocycles. The SMILES string of the molecule is COC1=CC=C2C3Cc4ccc(OC)c(O)c4C2(CCN3CC2CC2)C1. The first-order chi connectivity index (χ1) is 12.7. The van der Waals surface area contributed by atoms with Crippen LogP contribution in [0.2, 0.25) is 0 Å². The molecule has 26 heavy (non-hydrogen) atoms. The maximum Gasteiger partial charge on any atom is 0.162 e. The number of allylic oxidation sites excluding steroid dienone is 3. The highest BCUT2D eigenvalue weighted by atomic mass is 16.5. The van der Waals surface area contributed by atoms with Gasteiger partial charge >= 0.3 is 0 Å². The van der Waals surface area contributed by atoms with E-state index in [1.54, 1.807) is 14.2 Å². The molecule has 0 amide bonds. The number of aromatic hydroxyl groups is 1. The molecule has 2 unspecified atom stereocenters. The molecule has 0 spiro atoms. The molecule has 138 valence electrons. The van der Waals surface area contributed by atoms with Crippen molar-refractivity contribution < 1.29 is 14.6 Å². The average Bonchev–Trinajstić information content (AvgIpc) is 3.47. The normalized spacial score (nSPS) is 30.0.